The van der Waals surface area contributed by atoms with Gasteiger partial charge in [0.1, 0.15) is 5.02 Å². The van der Waals surface area contributed by atoms with Gasteiger partial charge in [0, 0.05) is 43.7 Å². The third-order valence-electron chi connectivity index (χ3n) is 5.30. The average Bonchev–Trinajstić information content (AvgIpc) is 2.74. The second-order valence-electron chi connectivity index (χ2n) is 7.33. The minimum atomic E-state index is -3.93. The maximum Gasteiger partial charge on any atom is 0.289 e. The predicted molar refractivity (Wildman–Crippen MR) is 118 cm³/mol. The van der Waals surface area contributed by atoms with Crippen LogP contribution in [0.2, 0.25) is 10.0 Å². The smallest absolute Gasteiger partial charge is 0.289 e. The number of piperidine rings is 1. The van der Waals surface area contributed by atoms with Gasteiger partial charge in [-0.25, -0.2) is 8.42 Å². The van der Waals surface area contributed by atoms with Crippen molar-refractivity contribution in [2.24, 2.45) is 5.92 Å². The lowest BCUT2D eigenvalue weighted by molar-refractivity contribution is -0.384. The molecule has 1 aliphatic heterocycles. The zero-order valence-corrected chi connectivity index (χ0v) is 19.0. The van der Waals surface area contributed by atoms with Gasteiger partial charge in [-0.2, -0.15) is 4.31 Å². The fourth-order valence-corrected chi connectivity index (χ4v) is 5.43. The van der Waals surface area contributed by atoms with E-state index in [0.29, 0.717) is 24.4 Å². The number of nitro groups is 1. The molecule has 0 spiro atoms. The normalized spacial score (nSPS) is 15.6. The van der Waals surface area contributed by atoms with Crippen LogP contribution in [0, 0.1) is 16.0 Å². The molecule has 0 saturated carbocycles. The molecule has 1 amide bonds. The van der Waals surface area contributed by atoms with E-state index in [9.17, 15) is 23.3 Å². The lowest BCUT2D eigenvalue weighted by Crippen LogP contribution is -2.43. The van der Waals surface area contributed by atoms with Crippen molar-refractivity contribution >= 4 is 44.8 Å². The van der Waals surface area contributed by atoms with Crippen LogP contribution in [0.3, 0.4) is 0 Å². The highest BCUT2D eigenvalue weighted by Gasteiger charge is 2.34. The largest absolute Gasteiger partial charge is 0.341 e. The summed E-state index contributed by atoms with van der Waals surface area (Å²) in [5, 5.41) is 11.5. The van der Waals surface area contributed by atoms with Gasteiger partial charge in [-0.05, 0) is 36.6 Å². The summed E-state index contributed by atoms with van der Waals surface area (Å²) in [4.78, 5) is 24.6. The Bertz CT molecular complexity index is 1100. The summed E-state index contributed by atoms with van der Waals surface area (Å²) >= 11 is 11.9. The first-order valence-electron chi connectivity index (χ1n) is 9.53. The summed E-state index contributed by atoms with van der Waals surface area (Å²) in [6, 6.07) is 10.7. The van der Waals surface area contributed by atoms with Crippen molar-refractivity contribution in [1.29, 1.82) is 0 Å². The maximum absolute atomic E-state index is 12.9. The summed E-state index contributed by atoms with van der Waals surface area (Å²) in [5.41, 5.74) is 0.373. The van der Waals surface area contributed by atoms with Crippen LogP contribution < -0.4 is 0 Å². The number of hydrogen-bond donors (Lipinski definition) is 0. The molecule has 2 aromatic rings. The van der Waals surface area contributed by atoms with Crippen molar-refractivity contribution in [1.82, 2.24) is 9.21 Å². The van der Waals surface area contributed by atoms with E-state index in [1.54, 1.807) is 18.0 Å². The molecular weight excluding hydrogens is 465 g/mol. The number of rotatable bonds is 6. The third-order valence-corrected chi connectivity index (χ3v) is 7.88. The summed E-state index contributed by atoms with van der Waals surface area (Å²) in [5.74, 6) is -0.377. The zero-order valence-electron chi connectivity index (χ0n) is 16.7. The van der Waals surface area contributed by atoms with E-state index in [1.807, 2.05) is 18.2 Å². The predicted octanol–water partition coefficient (Wildman–Crippen LogP) is 3.96. The summed E-state index contributed by atoms with van der Waals surface area (Å²) in [6.45, 7) is 0.662. The van der Waals surface area contributed by atoms with Crippen LogP contribution in [0.25, 0.3) is 0 Å². The molecule has 0 N–H and O–H groups in total. The van der Waals surface area contributed by atoms with Crippen molar-refractivity contribution in [3.63, 3.8) is 0 Å². The van der Waals surface area contributed by atoms with E-state index < -0.39 is 20.6 Å². The van der Waals surface area contributed by atoms with Crippen LogP contribution in [0.1, 0.15) is 18.4 Å². The molecule has 1 saturated heterocycles. The summed E-state index contributed by atoms with van der Waals surface area (Å²) < 4.78 is 27.1. The molecule has 31 heavy (non-hydrogen) atoms. The van der Waals surface area contributed by atoms with Crippen LogP contribution in [0.15, 0.2) is 47.4 Å². The van der Waals surface area contributed by atoms with Gasteiger partial charge in [0.15, 0.2) is 0 Å². The highest BCUT2D eigenvalue weighted by molar-refractivity contribution is 7.89. The van der Waals surface area contributed by atoms with E-state index in [1.165, 1.54) is 16.4 Å². The number of carbonyl (C=O) groups is 1. The first-order chi connectivity index (χ1) is 14.6. The highest BCUT2D eigenvalue weighted by Crippen LogP contribution is 2.31. The number of halogens is 2. The molecule has 3 rings (SSSR count). The molecule has 0 atom stereocenters. The Morgan fingerprint density at radius 1 is 1.16 bits per heavy atom. The summed E-state index contributed by atoms with van der Waals surface area (Å²) in [6.07, 6.45) is 0.723. The van der Waals surface area contributed by atoms with E-state index in [-0.39, 0.29) is 34.8 Å². The van der Waals surface area contributed by atoms with E-state index in [0.717, 1.165) is 11.6 Å². The van der Waals surface area contributed by atoms with Gasteiger partial charge in [-0.3, -0.25) is 14.9 Å². The van der Waals surface area contributed by atoms with Crippen molar-refractivity contribution in [2.45, 2.75) is 24.3 Å². The first kappa shape index (κ1) is 23.5. The first-order valence-corrected chi connectivity index (χ1v) is 11.7. The molecular formula is C20H21Cl2N3O5S. The van der Waals surface area contributed by atoms with Gasteiger partial charge in [0.25, 0.3) is 5.69 Å². The number of nitrogens with zero attached hydrogens (tertiary/aromatic N) is 3. The topological polar surface area (TPSA) is 101 Å². The Kier molecular flexibility index (Phi) is 7.20. The Hall–Kier alpha value is -2.20. The molecule has 0 radical (unpaired) electrons. The molecule has 166 valence electrons. The molecule has 0 aliphatic carbocycles. The Balaban J connectivity index is 1.66. The molecule has 2 aromatic carbocycles. The molecule has 0 aromatic heterocycles. The lowest BCUT2D eigenvalue weighted by Gasteiger charge is -2.32. The molecule has 0 bridgehead atoms. The standard InChI is InChI=1S/C20H21Cl2N3O5S/c1-23(13-15-4-2-3-5-17(15)21)20(26)14-8-10-24(11-9-14)31(29,30)16-6-7-18(22)19(12-16)25(27)28/h2-7,12,14H,8-11,13H2,1H3. The SMILES string of the molecule is CN(Cc1ccccc1Cl)C(=O)C1CCN(S(=O)(=O)c2ccc(Cl)c([N+](=O)[O-])c2)CC1. The van der Waals surface area contributed by atoms with Crippen LogP contribution in [-0.4, -0.2) is 48.6 Å². The van der Waals surface area contributed by atoms with E-state index in [2.05, 4.69) is 0 Å². The number of benzene rings is 2. The quantitative estimate of drug-likeness (QED) is 0.455. The lowest BCUT2D eigenvalue weighted by atomic mass is 9.96. The van der Waals surface area contributed by atoms with Crippen LogP contribution in [0.5, 0.6) is 0 Å². The Morgan fingerprint density at radius 2 is 1.81 bits per heavy atom. The van der Waals surface area contributed by atoms with Crippen molar-refractivity contribution < 1.29 is 18.1 Å². The van der Waals surface area contributed by atoms with Gasteiger partial charge in [0.05, 0.1) is 9.82 Å². The van der Waals surface area contributed by atoms with E-state index in [4.69, 9.17) is 23.2 Å². The minimum Gasteiger partial charge on any atom is -0.341 e. The van der Waals surface area contributed by atoms with Gasteiger partial charge < -0.3 is 4.90 Å². The maximum atomic E-state index is 12.9. The van der Waals surface area contributed by atoms with Crippen molar-refractivity contribution in [3.8, 4) is 0 Å². The number of nitro benzene ring substituents is 1. The average molecular weight is 486 g/mol. The fourth-order valence-electron chi connectivity index (χ4n) is 3.56. The Morgan fingerprint density at radius 3 is 2.42 bits per heavy atom. The molecule has 1 aliphatic rings. The second kappa shape index (κ2) is 9.52. The summed E-state index contributed by atoms with van der Waals surface area (Å²) in [7, 11) is -2.23. The van der Waals surface area contributed by atoms with Gasteiger partial charge in [-0.1, -0.05) is 41.4 Å². The van der Waals surface area contributed by atoms with Crippen LogP contribution >= 0.6 is 23.2 Å². The molecule has 8 nitrogen and oxygen atoms in total. The Labute approximate surface area is 190 Å². The second-order valence-corrected chi connectivity index (χ2v) is 10.1. The van der Waals surface area contributed by atoms with E-state index >= 15 is 0 Å². The number of sulfonamides is 1. The molecule has 1 heterocycles. The number of amides is 1. The highest BCUT2D eigenvalue weighted by atomic mass is 35.5. The number of carbonyl (C=O) groups excluding carboxylic acids is 1. The number of hydrogen-bond acceptors (Lipinski definition) is 5. The van der Waals surface area contributed by atoms with Gasteiger partial charge >= 0.3 is 0 Å². The molecule has 11 heteroatoms. The van der Waals surface area contributed by atoms with Crippen LogP contribution in [0.4, 0.5) is 5.69 Å². The monoisotopic (exact) mass is 485 g/mol. The van der Waals surface area contributed by atoms with Crippen LogP contribution in [-0.2, 0) is 21.4 Å². The van der Waals surface area contributed by atoms with Crippen molar-refractivity contribution in [3.05, 3.63) is 68.2 Å². The van der Waals surface area contributed by atoms with Crippen molar-refractivity contribution in [2.75, 3.05) is 20.1 Å². The van der Waals surface area contributed by atoms with Gasteiger partial charge in [-0.15, -0.1) is 0 Å². The molecule has 1 fully saturated rings. The van der Waals surface area contributed by atoms with Gasteiger partial charge in [0.2, 0.25) is 15.9 Å². The third kappa shape index (κ3) is 5.17. The molecule has 0 unspecified atom stereocenters. The zero-order chi connectivity index (χ0) is 22.8. The fraction of sp³-hybridized carbons (Fsp3) is 0.350. The minimum absolute atomic E-state index is 0.0703.